The molecule has 0 saturated heterocycles. The lowest BCUT2D eigenvalue weighted by molar-refractivity contribution is -0.385. The highest BCUT2D eigenvalue weighted by molar-refractivity contribution is 9.10. The van der Waals surface area contributed by atoms with Gasteiger partial charge in [-0.15, -0.1) is 0 Å². The van der Waals surface area contributed by atoms with Gasteiger partial charge in [0.25, 0.3) is 0 Å². The number of nitro benzene ring substituents is 1. The summed E-state index contributed by atoms with van der Waals surface area (Å²) in [6, 6.07) is 9.33. The Hall–Kier alpha value is -1.93. The SMILES string of the molecule is N=C(N)c1ccc(Oc2ccc(Br)cc2[N+](=O)[O-])cc1Br. The van der Waals surface area contributed by atoms with Crippen molar-refractivity contribution < 1.29 is 9.66 Å². The number of nitrogens with two attached hydrogens (primary N) is 1. The van der Waals surface area contributed by atoms with E-state index in [-0.39, 0.29) is 17.3 Å². The molecule has 0 aliphatic rings. The number of hydrogen-bond donors (Lipinski definition) is 2. The summed E-state index contributed by atoms with van der Waals surface area (Å²) in [5.41, 5.74) is 5.79. The summed E-state index contributed by atoms with van der Waals surface area (Å²) in [5.74, 6) is 0.450. The summed E-state index contributed by atoms with van der Waals surface area (Å²) in [6.45, 7) is 0. The van der Waals surface area contributed by atoms with Gasteiger partial charge >= 0.3 is 5.69 Å². The number of amidine groups is 1. The Morgan fingerprint density at radius 3 is 2.52 bits per heavy atom. The molecule has 0 amide bonds. The number of rotatable bonds is 4. The maximum absolute atomic E-state index is 11.0. The number of nitrogens with one attached hydrogen (secondary N) is 1. The van der Waals surface area contributed by atoms with Crippen LogP contribution in [0.5, 0.6) is 11.5 Å². The lowest BCUT2D eigenvalue weighted by Crippen LogP contribution is -2.11. The average Bonchev–Trinajstić information content (AvgIpc) is 2.40. The zero-order valence-corrected chi connectivity index (χ0v) is 13.6. The van der Waals surface area contributed by atoms with Gasteiger partial charge in [-0.25, -0.2) is 0 Å². The summed E-state index contributed by atoms with van der Waals surface area (Å²) in [5, 5.41) is 18.4. The van der Waals surface area contributed by atoms with Gasteiger partial charge in [0.05, 0.1) is 4.92 Å². The standard InChI is InChI=1S/C13H9Br2N3O3/c14-7-1-4-12(11(5-7)18(19)20)21-8-2-3-9(13(16)17)10(15)6-8/h1-6H,(H3,16,17). The predicted octanol–water partition coefficient (Wildman–Crippen LogP) is 4.20. The zero-order valence-electron chi connectivity index (χ0n) is 10.5. The molecule has 21 heavy (non-hydrogen) atoms. The van der Waals surface area contributed by atoms with E-state index >= 15 is 0 Å². The summed E-state index contributed by atoms with van der Waals surface area (Å²) in [6.07, 6.45) is 0. The van der Waals surface area contributed by atoms with Crippen molar-refractivity contribution >= 4 is 43.4 Å². The van der Waals surface area contributed by atoms with E-state index in [0.717, 1.165) is 0 Å². The molecule has 0 atom stereocenters. The van der Waals surface area contributed by atoms with Crippen LogP contribution in [0.25, 0.3) is 0 Å². The second-order valence-electron chi connectivity index (χ2n) is 4.03. The summed E-state index contributed by atoms with van der Waals surface area (Å²) in [7, 11) is 0. The van der Waals surface area contributed by atoms with E-state index in [1.54, 1.807) is 24.3 Å². The molecule has 0 spiro atoms. The monoisotopic (exact) mass is 413 g/mol. The molecule has 8 heteroatoms. The first-order valence-electron chi connectivity index (χ1n) is 5.64. The highest BCUT2D eigenvalue weighted by Gasteiger charge is 2.16. The van der Waals surface area contributed by atoms with Crippen molar-refractivity contribution in [3.05, 3.63) is 61.0 Å². The third-order valence-corrected chi connectivity index (χ3v) is 3.73. The maximum Gasteiger partial charge on any atom is 0.312 e. The van der Waals surface area contributed by atoms with Gasteiger partial charge in [-0.05, 0) is 46.3 Å². The van der Waals surface area contributed by atoms with Crippen molar-refractivity contribution in [1.82, 2.24) is 0 Å². The van der Waals surface area contributed by atoms with Crippen LogP contribution in [-0.2, 0) is 0 Å². The molecule has 0 saturated carbocycles. The first-order chi connectivity index (χ1) is 9.88. The molecule has 2 rings (SSSR count). The second kappa shape index (κ2) is 6.23. The van der Waals surface area contributed by atoms with Gasteiger partial charge in [-0.2, -0.15) is 0 Å². The van der Waals surface area contributed by atoms with E-state index < -0.39 is 4.92 Å². The van der Waals surface area contributed by atoms with Gasteiger partial charge in [-0.1, -0.05) is 15.9 Å². The number of nitrogen functional groups attached to an aromatic ring is 1. The Balaban J connectivity index is 2.37. The Bertz CT molecular complexity index is 735. The van der Waals surface area contributed by atoms with E-state index in [1.165, 1.54) is 12.1 Å². The fourth-order valence-corrected chi connectivity index (χ4v) is 2.54. The molecular weight excluding hydrogens is 406 g/mol. The Labute approximate surface area is 136 Å². The number of nitrogens with zero attached hydrogens (tertiary/aromatic N) is 1. The lowest BCUT2D eigenvalue weighted by Gasteiger charge is -2.09. The molecule has 0 unspecified atom stereocenters. The van der Waals surface area contributed by atoms with E-state index in [2.05, 4.69) is 31.9 Å². The largest absolute Gasteiger partial charge is 0.450 e. The zero-order chi connectivity index (χ0) is 15.6. The molecule has 0 fully saturated rings. The van der Waals surface area contributed by atoms with Gasteiger partial charge in [0.1, 0.15) is 11.6 Å². The van der Waals surface area contributed by atoms with Crippen LogP contribution in [0.3, 0.4) is 0 Å². The minimum absolute atomic E-state index is 0.0805. The van der Waals surface area contributed by atoms with Crippen LogP contribution in [-0.4, -0.2) is 10.8 Å². The normalized spacial score (nSPS) is 10.2. The van der Waals surface area contributed by atoms with Gasteiger partial charge in [-0.3, -0.25) is 15.5 Å². The molecule has 6 nitrogen and oxygen atoms in total. The van der Waals surface area contributed by atoms with E-state index in [4.69, 9.17) is 15.9 Å². The molecule has 0 heterocycles. The highest BCUT2D eigenvalue weighted by atomic mass is 79.9. The van der Waals surface area contributed by atoms with Crippen LogP contribution in [0, 0.1) is 15.5 Å². The topological polar surface area (TPSA) is 102 Å². The smallest absolute Gasteiger partial charge is 0.312 e. The van der Waals surface area contributed by atoms with Crippen LogP contribution in [0.2, 0.25) is 0 Å². The molecule has 2 aromatic rings. The predicted molar refractivity (Wildman–Crippen MR) is 86.0 cm³/mol. The van der Waals surface area contributed by atoms with Gasteiger partial charge < -0.3 is 10.5 Å². The highest BCUT2D eigenvalue weighted by Crippen LogP contribution is 2.34. The molecular formula is C13H9Br2N3O3. The summed E-state index contributed by atoms with van der Waals surface area (Å²) >= 11 is 6.46. The first-order valence-corrected chi connectivity index (χ1v) is 7.23. The first kappa shape index (κ1) is 15.5. The average molecular weight is 415 g/mol. The number of hydrogen-bond acceptors (Lipinski definition) is 4. The van der Waals surface area contributed by atoms with Gasteiger partial charge in [0.2, 0.25) is 5.75 Å². The molecule has 0 aliphatic heterocycles. The number of nitro groups is 1. The van der Waals surface area contributed by atoms with Crippen molar-refractivity contribution in [2.24, 2.45) is 5.73 Å². The fraction of sp³-hybridized carbons (Fsp3) is 0. The van der Waals surface area contributed by atoms with E-state index in [1.807, 2.05) is 0 Å². The quantitative estimate of drug-likeness (QED) is 0.338. The van der Waals surface area contributed by atoms with Crippen LogP contribution < -0.4 is 10.5 Å². The minimum Gasteiger partial charge on any atom is -0.450 e. The lowest BCUT2D eigenvalue weighted by atomic mass is 10.2. The van der Waals surface area contributed by atoms with Crippen molar-refractivity contribution in [3.8, 4) is 11.5 Å². The number of halogens is 2. The second-order valence-corrected chi connectivity index (χ2v) is 5.80. The van der Waals surface area contributed by atoms with Gasteiger partial charge in [0.15, 0.2) is 0 Å². The van der Waals surface area contributed by atoms with Crippen molar-refractivity contribution in [2.75, 3.05) is 0 Å². The van der Waals surface area contributed by atoms with Crippen molar-refractivity contribution in [1.29, 1.82) is 5.41 Å². The van der Waals surface area contributed by atoms with Crippen LogP contribution in [0.1, 0.15) is 5.56 Å². The third-order valence-electron chi connectivity index (χ3n) is 2.58. The van der Waals surface area contributed by atoms with Crippen LogP contribution >= 0.6 is 31.9 Å². The van der Waals surface area contributed by atoms with Crippen molar-refractivity contribution in [2.45, 2.75) is 0 Å². The van der Waals surface area contributed by atoms with Crippen LogP contribution in [0.4, 0.5) is 5.69 Å². The number of ether oxygens (including phenoxy) is 1. The summed E-state index contributed by atoms with van der Waals surface area (Å²) in [4.78, 5) is 10.5. The van der Waals surface area contributed by atoms with Gasteiger partial charge in [0, 0.05) is 20.6 Å². The van der Waals surface area contributed by atoms with E-state index in [9.17, 15) is 10.1 Å². The Morgan fingerprint density at radius 1 is 1.24 bits per heavy atom. The minimum atomic E-state index is -0.515. The fourth-order valence-electron chi connectivity index (χ4n) is 1.62. The maximum atomic E-state index is 11.0. The van der Waals surface area contributed by atoms with Crippen LogP contribution in [0.15, 0.2) is 45.3 Å². The molecule has 3 N–H and O–H groups in total. The van der Waals surface area contributed by atoms with Crippen molar-refractivity contribution in [3.63, 3.8) is 0 Å². The third kappa shape index (κ3) is 3.59. The molecule has 0 bridgehead atoms. The molecule has 2 aromatic carbocycles. The Morgan fingerprint density at radius 2 is 1.95 bits per heavy atom. The number of benzene rings is 2. The summed E-state index contributed by atoms with van der Waals surface area (Å²) < 4.78 is 6.71. The molecule has 0 aromatic heterocycles. The Kier molecular flexibility index (Phi) is 4.59. The molecule has 108 valence electrons. The van der Waals surface area contributed by atoms with E-state index in [0.29, 0.717) is 20.3 Å². The molecule has 0 radical (unpaired) electrons. The molecule has 0 aliphatic carbocycles.